The van der Waals surface area contributed by atoms with Crippen molar-refractivity contribution in [3.8, 4) is 6.01 Å². The zero-order valence-electron chi connectivity index (χ0n) is 10.9. The minimum Gasteiger partial charge on any atom is -0.463 e. The predicted molar refractivity (Wildman–Crippen MR) is 71.6 cm³/mol. The molecular formula is C11H19ClN4O3. The molecule has 0 aliphatic carbocycles. The molecular weight excluding hydrogens is 272 g/mol. The van der Waals surface area contributed by atoms with Crippen LogP contribution in [0.2, 0.25) is 5.28 Å². The van der Waals surface area contributed by atoms with Crippen LogP contribution in [0.1, 0.15) is 19.8 Å². The van der Waals surface area contributed by atoms with Gasteiger partial charge in [0, 0.05) is 13.2 Å². The number of nitrogens with zero attached hydrogens (tertiary/aromatic N) is 3. The highest BCUT2D eigenvalue weighted by Gasteiger charge is 2.05. The summed E-state index contributed by atoms with van der Waals surface area (Å²) in [6.45, 7) is 4.12. The lowest BCUT2D eigenvalue weighted by atomic mass is 10.4. The second-order valence-corrected chi connectivity index (χ2v) is 4.01. The Balaban J connectivity index is 2.34. The summed E-state index contributed by atoms with van der Waals surface area (Å²) < 4.78 is 10.4. The van der Waals surface area contributed by atoms with Crippen LogP contribution in [0.5, 0.6) is 6.01 Å². The molecule has 2 N–H and O–H groups in total. The van der Waals surface area contributed by atoms with Gasteiger partial charge in [-0.15, -0.1) is 0 Å². The molecule has 0 unspecified atom stereocenters. The third kappa shape index (κ3) is 7.09. The van der Waals surface area contributed by atoms with Crippen molar-refractivity contribution in [1.29, 1.82) is 0 Å². The summed E-state index contributed by atoms with van der Waals surface area (Å²) in [7, 11) is 0. The van der Waals surface area contributed by atoms with Crippen LogP contribution in [-0.2, 0) is 4.74 Å². The molecule has 7 nitrogen and oxygen atoms in total. The number of aliphatic hydroxyl groups excluding tert-OH is 1. The molecule has 8 heteroatoms. The van der Waals surface area contributed by atoms with Crippen molar-refractivity contribution in [3.05, 3.63) is 5.28 Å². The van der Waals surface area contributed by atoms with Gasteiger partial charge in [-0.25, -0.2) is 0 Å². The minimum absolute atomic E-state index is 0.0363. The second-order valence-electron chi connectivity index (χ2n) is 3.68. The van der Waals surface area contributed by atoms with Gasteiger partial charge in [-0.2, -0.15) is 15.0 Å². The Labute approximate surface area is 117 Å². The first-order valence-electron chi connectivity index (χ1n) is 6.23. The molecule has 0 radical (unpaired) electrons. The lowest BCUT2D eigenvalue weighted by Gasteiger charge is -2.07. The van der Waals surface area contributed by atoms with E-state index in [4.69, 9.17) is 26.2 Å². The molecule has 0 aromatic carbocycles. The maximum Gasteiger partial charge on any atom is 0.322 e. The average Bonchev–Trinajstić information content (AvgIpc) is 2.40. The SMILES string of the molecule is CCCOc1nc(Cl)nc(NCCCOCCO)n1. The van der Waals surface area contributed by atoms with Crippen molar-refractivity contribution in [2.75, 3.05) is 38.3 Å². The van der Waals surface area contributed by atoms with Crippen molar-refractivity contribution in [2.45, 2.75) is 19.8 Å². The molecule has 1 aromatic rings. The second kappa shape index (κ2) is 9.71. The minimum atomic E-state index is 0.0363. The summed E-state index contributed by atoms with van der Waals surface area (Å²) in [5.41, 5.74) is 0. The normalized spacial score (nSPS) is 10.5. The number of ether oxygens (including phenoxy) is 2. The smallest absolute Gasteiger partial charge is 0.322 e. The molecule has 0 fully saturated rings. The standard InChI is InChI=1S/C11H19ClN4O3/c1-2-6-19-11-15-9(12)14-10(16-11)13-4-3-7-18-8-5-17/h17H,2-8H2,1H3,(H,13,14,15,16). The quantitative estimate of drug-likeness (QED) is 0.624. The van der Waals surface area contributed by atoms with Gasteiger partial charge in [0.25, 0.3) is 0 Å². The number of nitrogens with one attached hydrogen (secondary N) is 1. The Hall–Kier alpha value is -1.18. The lowest BCUT2D eigenvalue weighted by Crippen LogP contribution is -2.11. The molecule has 0 aliphatic heterocycles. The number of anilines is 1. The predicted octanol–water partition coefficient (Wildman–Crippen LogP) is 1.12. The van der Waals surface area contributed by atoms with Crippen LogP contribution >= 0.6 is 11.6 Å². The first kappa shape index (κ1) is 15.9. The van der Waals surface area contributed by atoms with E-state index in [9.17, 15) is 0 Å². The van der Waals surface area contributed by atoms with Gasteiger partial charge in [0.1, 0.15) is 0 Å². The largest absolute Gasteiger partial charge is 0.463 e. The first-order chi connectivity index (χ1) is 9.26. The van der Waals surface area contributed by atoms with Gasteiger partial charge >= 0.3 is 6.01 Å². The summed E-state index contributed by atoms with van der Waals surface area (Å²) in [5.74, 6) is 0.383. The van der Waals surface area contributed by atoms with E-state index in [0.717, 1.165) is 12.8 Å². The summed E-state index contributed by atoms with van der Waals surface area (Å²) in [4.78, 5) is 11.9. The number of aromatic nitrogens is 3. The maximum atomic E-state index is 8.54. The van der Waals surface area contributed by atoms with E-state index in [1.807, 2.05) is 6.92 Å². The third-order valence-electron chi connectivity index (χ3n) is 2.01. The van der Waals surface area contributed by atoms with E-state index >= 15 is 0 Å². The molecule has 0 bridgehead atoms. The van der Waals surface area contributed by atoms with Gasteiger partial charge in [0.05, 0.1) is 19.8 Å². The fourth-order valence-electron chi connectivity index (χ4n) is 1.21. The summed E-state index contributed by atoms with van der Waals surface area (Å²) in [6, 6.07) is 0.223. The zero-order valence-corrected chi connectivity index (χ0v) is 11.7. The molecule has 0 atom stereocenters. The number of hydrogen-bond acceptors (Lipinski definition) is 7. The molecule has 19 heavy (non-hydrogen) atoms. The van der Waals surface area contributed by atoms with Crippen LogP contribution < -0.4 is 10.1 Å². The maximum absolute atomic E-state index is 8.54. The number of rotatable bonds is 10. The fraction of sp³-hybridized carbons (Fsp3) is 0.727. The van der Waals surface area contributed by atoms with Gasteiger partial charge < -0.3 is 19.9 Å². The van der Waals surface area contributed by atoms with Crippen LogP contribution in [0.4, 0.5) is 5.95 Å². The van der Waals surface area contributed by atoms with Crippen molar-refractivity contribution in [1.82, 2.24) is 15.0 Å². The first-order valence-corrected chi connectivity index (χ1v) is 6.61. The molecule has 0 amide bonds. The van der Waals surface area contributed by atoms with Crippen LogP contribution in [0, 0.1) is 0 Å². The molecule has 1 heterocycles. The number of aliphatic hydroxyl groups is 1. The van der Waals surface area contributed by atoms with Crippen molar-refractivity contribution in [2.24, 2.45) is 0 Å². The van der Waals surface area contributed by atoms with Gasteiger partial charge in [-0.1, -0.05) is 6.92 Å². The highest BCUT2D eigenvalue weighted by molar-refractivity contribution is 6.28. The number of halogens is 1. The Morgan fingerprint density at radius 3 is 2.79 bits per heavy atom. The van der Waals surface area contributed by atoms with Gasteiger partial charge in [-0.05, 0) is 24.4 Å². The Morgan fingerprint density at radius 1 is 1.21 bits per heavy atom. The van der Waals surface area contributed by atoms with E-state index < -0.39 is 0 Å². The Kier molecular flexibility index (Phi) is 8.11. The molecule has 0 saturated heterocycles. The Bertz CT molecular complexity index is 368. The van der Waals surface area contributed by atoms with E-state index in [1.54, 1.807) is 0 Å². The van der Waals surface area contributed by atoms with E-state index in [1.165, 1.54) is 0 Å². The van der Waals surface area contributed by atoms with E-state index in [-0.39, 0.29) is 17.9 Å². The highest BCUT2D eigenvalue weighted by atomic mass is 35.5. The van der Waals surface area contributed by atoms with Gasteiger partial charge in [0.2, 0.25) is 11.2 Å². The summed E-state index contributed by atoms with van der Waals surface area (Å²) in [6.07, 6.45) is 1.64. The molecule has 0 spiro atoms. The molecule has 0 saturated carbocycles. The zero-order chi connectivity index (χ0) is 13.9. The van der Waals surface area contributed by atoms with Crippen LogP contribution in [0.15, 0.2) is 0 Å². The van der Waals surface area contributed by atoms with E-state index in [0.29, 0.717) is 32.3 Å². The molecule has 1 rings (SSSR count). The van der Waals surface area contributed by atoms with Gasteiger partial charge in [-0.3, -0.25) is 0 Å². The van der Waals surface area contributed by atoms with Crippen LogP contribution in [-0.4, -0.2) is 53.0 Å². The van der Waals surface area contributed by atoms with Crippen molar-refractivity contribution in [3.63, 3.8) is 0 Å². The van der Waals surface area contributed by atoms with Crippen LogP contribution in [0.25, 0.3) is 0 Å². The van der Waals surface area contributed by atoms with E-state index in [2.05, 4.69) is 20.3 Å². The topological polar surface area (TPSA) is 89.4 Å². The lowest BCUT2D eigenvalue weighted by molar-refractivity contribution is 0.0921. The van der Waals surface area contributed by atoms with Crippen molar-refractivity contribution >= 4 is 17.5 Å². The third-order valence-corrected chi connectivity index (χ3v) is 2.18. The molecule has 0 aliphatic rings. The molecule has 108 valence electrons. The Morgan fingerprint density at radius 2 is 2.05 bits per heavy atom. The van der Waals surface area contributed by atoms with Gasteiger partial charge in [0.15, 0.2) is 0 Å². The molecule has 1 aromatic heterocycles. The highest BCUT2D eigenvalue weighted by Crippen LogP contribution is 2.11. The average molecular weight is 291 g/mol. The van der Waals surface area contributed by atoms with Crippen molar-refractivity contribution < 1.29 is 14.6 Å². The summed E-state index contributed by atoms with van der Waals surface area (Å²) in [5, 5.41) is 11.6. The number of hydrogen-bond donors (Lipinski definition) is 2. The monoisotopic (exact) mass is 290 g/mol. The summed E-state index contributed by atoms with van der Waals surface area (Å²) >= 11 is 5.78. The van der Waals surface area contributed by atoms with Crippen LogP contribution in [0.3, 0.4) is 0 Å². The fourth-order valence-corrected chi connectivity index (χ4v) is 1.36.